The predicted molar refractivity (Wildman–Crippen MR) is 536 cm³/mol. The second kappa shape index (κ2) is 104. The van der Waals surface area contributed by atoms with Crippen LogP contribution in [0.15, 0.2) is 289 Å². The summed E-state index contributed by atoms with van der Waals surface area (Å²) in [7, 11) is 0. The van der Waals surface area contributed by atoms with Gasteiger partial charge in [-0.15, -0.1) is 0 Å². The summed E-state index contributed by atoms with van der Waals surface area (Å²) >= 11 is 0. The van der Waals surface area contributed by atoms with Gasteiger partial charge in [0.25, 0.3) is 0 Å². The van der Waals surface area contributed by atoms with Gasteiger partial charge in [0.05, 0.1) is 228 Å². The van der Waals surface area contributed by atoms with Gasteiger partial charge in [-0.25, -0.2) is 9.59 Å². The number of ether oxygens (including phenoxy) is 24. The molecule has 29 nitrogen and oxygen atoms in total. The molecule has 0 radical (unpaired) electrons. The van der Waals surface area contributed by atoms with Gasteiger partial charge in [-0.05, 0) is 177 Å². The molecule has 0 atom stereocenters. The van der Waals surface area contributed by atoms with Crippen LogP contribution in [0.5, 0.6) is 11.5 Å². The Bertz CT molecular complexity index is 3330. The molecule has 29 heteroatoms. The molecule has 1 aliphatic rings. The van der Waals surface area contributed by atoms with Crippen molar-refractivity contribution in [2.45, 2.75) is 157 Å². The van der Waals surface area contributed by atoms with Gasteiger partial charge in [0, 0.05) is 12.0 Å². The maximum absolute atomic E-state index is 12.2. The molecule has 4 rings (SSSR count). The highest BCUT2D eigenvalue weighted by atomic mass is 16.7. The van der Waals surface area contributed by atoms with Gasteiger partial charge in [-0.1, -0.05) is 167 Å². The summed E-state index contributed by atoms with van der Waals surface area (Å²) in [6, 6.07) is 22.8. The second-order valence-electron chi connectivity index (χ2n) is 28.1. The van der Waals surface area contributed by atoms with Crippen molar-refractivity contribution in [2.24, 2.45) is 17.3 Å². The average Bonchev–Trinajstić information content (AvgIpc) is 0.801. The minimum Gasteiger partial charge on any atom is -0.502 e. The molecule has 136 heavy (non-hydrogen) atoms. The summed E-state index contributed by atoms with van der Waals surface area (Å²) in [5, 5.41) is 9.20. The van der Waals surface area contributed by atoms with Gasteiger partial charge in [0.2, 0.25) is 13.6 Å². The summed E-state index contributed by atoms with van der Waals surface area (Å²) in [6.45, 7) is 72.2. The maximum Gasteiger partial charge on any atom is 0.339 e. The Kier molecular flexibility index (Phi) is 101. The molecular formula is C107H164O29. The van der Waals surface area contributed by atoms with Crippen LogP contribution < -0.4 is 9.47 Å². The van der Waals surface area contributed by atoms with Crippen molar-refractivity contribution in [3.05, 3.63) is 311 Å². The van der Waals surface area contributed by atoms with E-state index < -0.39 is 11.9 Å². The Hall–Kier alpha value is -12.8. The van der Waals surface area contributed by atoms with Crippen LogP contribution in [0.4, 0.5) is 0 Å². The number of unbranched alkanes of at least 4 members (excludes halogenated alkanes) is 4. The second-order valence-corrected chi connectivity index (χ2v) is 28.1. The third-order valence-electron chi connectivity index (χ3n) is 17.7. The van der Waals surface area contributed by atoms with Crippen molar-refractivity contribution >= 4 is 23.9 Å². The van der Waals surface area contributed by atoms with E-state index in [1.807, 2.05) is 78.0 Å². The lowest BCUT2D eigenvalue weighted by Crippen LogP contribution is -2.34. The Morgan fingerprint density at radius 2 is 0.625 bits per heavy atom. The third kappa shape index (κ3) is 85.4. The summed E-state index contributed by atoms with van der Waals surface area (Å²) in [5.74, 6) is 1.23. The molecule has 1 saturated carbocycles. The fraction of sp³-hybridized carbons (Fsp3) is 0.477. The number of benzene rings is 3. The van der Waals surface area contributed by atoms with Crippen molar-refractivity contribution in [2.75, 3.05) is 159 Å². The zero-order chi connectivity index (χ0) is 102. The summed E-state index contributed by atoms with van der Waals surface area (Å²) in [6.07, 6.45) is 43.7. The number of hydrogen-bond acceptors (Lipinski definition) is 29. The standard InChI is InChI=1S/C23H28O4.C20H26O6.C16H26O6.C12H20O2.C10H18O3.C8H14O2.C7H12O2.C6H12O2.C5H8O2/c1-5-24-15-17-26-21-11-7-19(8-12-21)23(3,4)20-9-13-22(14-10-20)27-18-16-25-6-2;1-3-23-13-7-9-15-25-19(21)17-11-5-6-12-18(17)20(22)26-16-10-8-14-24-4-2;1-3-19-11-5-7-13-21-15(17)9-10-16(18)22-14-8-6-12-20-4-2;1-3-13-9-11-5-7-12(8-6-11)10-14-4-2;1-4-10(7-11,8-12-5-2)9-13-6-3;1-3-5-9-7-8-10-6-4-2;1-3-5-8-7-9-6-4-2;1-3-7-5-6-8-4-2;1-3-6-5-7-4-2/h5-14H,1-2,15-18H2,3-4H3;3-6,11-12H,1-2,7-10,13-16H2;3-4H,1-2,5-14H2;3-4,11-12H,1-2,5-10H2;5-6,11H,2-4,7-9H2,1H3;3-6H,7-8H2,1-2H3;3-6H,7H2,1-2H3;3H,1,4-6H2,2H3;3-4H,1-2,5H2. The van der Waals surface area contributed by atoms with Crippen LogP contribution in [0.2, 0.25) is 0 Å². The maximum atomic E-state index is 12.2. The summed E-state index contributed by atoms with van der Waals surface area (Å²) < 4.78 is 121. The number of hydrogen-bond donors (Lipinski definition) is 1. The van der Waals surface area contributed by atoms with E-state index in [4.69, 9.17) is 104 Å². The van der Waals surface area contributed by atoms with E-state index in [2.05, 4.69) is 133 Å². The summed E-state index contributed by atoms with van der Waals surface area (Å²) in [5.41, 5.74) is 2.36. The number of rotatable bonds is 73. The number of aliphatic hydroxyl groups excluding tert-OH is 1. The first-order chi connectivity index (χ1) is 66.2. The van der Waals surface area contributed by atoms with Gasteiger partial charge in [-0.2, -0.15) is 0 Å². The molecule has 1 N–H and O–H groups in total. The van der Waals surface area contributed by atoms with Crippen LogP contribution in [0.25, 0.3) is 0 Å². The lowest BCUT2D eigenvalue weighted by molar-refractivity contribution is -0.150. The van der Waals surface area contributed by atoms with Gasteiger partial charge < -0.3 is 119 Å². The third-order valence-corrected chi connectivity index (χ3v) is 17.7. The molecule has 0 heterocycles. The van der Waals surface area contributed by atoms with Crippen molar-refractivity contribution in [1.29, 1.82) is 0 Å². The van der Waals surface area contributed by atoms with Gasteiger partial charge in [0.15, 0.2) is 0 Å². The largest absolute Gasteiger partial charge is 0.502 e. The van der Waals surface area contributed by atoms with E-state index in [9.17, 15) is 24.3 Å². The van der Waals surface area contributed by atoms with E-state index in [0.717, 1.165) is 76.3 Å². The normalized spacial score (nSPS) is 11.7. The smallest absolute Gasteiger partial charge is 0.339 e. The molecule has 0 spiro atoms. The summed E-state index contributed by atoms with van der Waals surface area (Å²) in [4.78, 5) is 47.2. The number of esters is 4. The molecule has 0 amide bonds. The molecule has 0 unspecified atom stereocenters. The first kappa shape index (κ1) is 132. The number of carbonyl (C=O) groups is 4. The molecule has 3 aromatic rings. The first-order valence-corrected chi connectivity index (χ1v) is 45.5. The highest BCUT2D eigenvalue weighted by molar-refractivity contribution is 6.03. The van der Waals surface area contributed by atoms with E-state index in [1.165, 1.54) is 118 Å². The molecule has 0 saturated heterocycles. The molecular weight excluding hydrogens is 1750 g/mol. The van der Waals surface area contributed by atoms with Gasteiger partial charge in [0.1, 0.15) is 57.7 Å². The molecule has 3 aromatic carbocycles. The van der Waals surface area contributed by atoms with E-state index >= 15 is 0 Å². The number of aliphatic hydroxyl groups is 1. The lowest BCUT2D eigenvalue weighted by atomic mass is 9.78. The van der Waals surface area contributed by atoms with Crippen molar-refractivity contribution in [3.63, 3.8) is 0 Å². The van der Waals surface area contributed by atoms with Crippen LogP contribution >= 0.6 is 0 Å². The zero-order valence-electron chi connectivity index (χ0n) is 82.9. The Morgan fingerprint density at radius 1 is 0.338 bits per heavy atom. The molecule has 0 aromatic heterocycles. The molecule has 1 aliphatic carbocycles. The van der Waals surface area contributed by atoms with Crippen molar-refractivity contribution in [1.82, 2.24) is 0 Å². The highest BCUT2D eigenvalue weighted by Crippen LogP contribution is 2.34. The molecule has 1 fully saturated rings. The predicted octanol–water partition coefficient (Wildman–Crippen LogP) is 23.1. The Balaban J connectivity index is -0.000000491. The Labute approximate surface area is 814 Å². The monoisotopic (exact) mass is 1910 g/mol. The SMILES string of the molecule is C=COCC(CC)(CO)COC=C.C=COCC1CCC(COC=C)CC1.C=COCCCCOC(=O)CCC(=O)OCCCCOC=C.C=COCCCCOC(=O)c1ccccc1C(=O)OCCCCOC=C.C=COCCOCC.C=COCCOc1ccc(C(C)(C)c2ccc(OCCOC=C)cc2)cc1.C=COCOC=C.CC=COCCOC=CC.CC=COCOC=CC. The molecule has 766 valence electrons. The lowest BCUT2D eigenvalue weighted by Gasteiger charge is -2.28. The minimum absolute atomic E-state index is 0.0329. The van der Waals surface area contributed by atoms with Crippen LogP contribution in [0, 0.1) is 17.3 Å². The molecule has 0 bridgehead atoms. The quantitative estimate of drug-likeness (QED) is 0.0180. The van der Waals surface area contributed by atoms with Crippen molar-refractivity contribution in [3.8, 4) is 11.5 Å². The van der Waals surface area contributed by atoms with Gasteiger partial charge in [-0.3, -0.25) is 9.59 Å². The van der Waals surface area contributed by atoms with E-state index in [1.54, 1.807) is 61.5 Å². The van der Waals surface area contributed by atoms with Crippen LogP contribution in [0.3, 0.4) is 0 Å². The van der Waals surface area contributed by atoms with E-state index in [-0.39, 0.29) is 80.1 Å². The highest BCUT2D eigenvalue weighted by Gasteiger charge is 2.29. The number of allylic oxidation sites excluding steroid dienone is 4. The van der Waals surface area contributed by atoms with Crippen LogP contribution in [0.1, 0.15) is 184 Å². The molecule has 0 aliphatic heterocycles. The average molecular weight is 1910 g/mol. The number of carbonyl (C=O) groups excluding carboxylic acids is 4. The first-order valence-electron chi connectivity index (χ1n) is 45.5. The Morgan fingerprint density at radius 3 is 0.926 bits per heavy atom. The fourth-order valence-corrected chi connectivity index (χ4v) is 10.3. The minimum atomic E-state index is -0.540. The van der Waals surface area contributed by atoms with Crippen LogP contribution in [-0.2, 0) is 119 Å². The zero-order valence-corrected chi connectivity index (χ0v) is 82.9. The van der Waals surface area contributed by atoms with Crippen LogP contribution in [-0.4, -0.2) is 188 Å². The van der Waals surface area contributed by atoms with Gasteiger partial charge >= 0.3 is 23.9 Å². The van der Waals surface area contributed by atoms with Crippen molar-refractivity contribution < 1.29 is 138 Å². The topological polar surface area (TPSA) is 310 Å². The fourth-order valence-electron chi connectivity index (χ4n) is 10.3. The van der Waals surface area contributed by atoms with E-state index in [0.29, 0.717) is 130 Å².